The molecule has 0 bridgehead atoms. The Kier molecular flexibility index (Phi) is 7.74. The van der Waals surface area contributed by atoms with Gasteiger partial charge in [-0.25, -0.2) is 9.18 Å². The molecule has 3 atom stereocenters. The molecule has 0 fully saturated rings. The van der Waals surface area contributed by atoms with Gasteiger partial charge in [0.25, 0.3) is 0 Å². The van der Waals surface area contributed by atoms with E-state index >= 15 is 0 Å². The van der Waals surface area contributed by atoms with Crippen LogP contribution in [-0.2, 0) is 13.0 Å². The lowest BCUT2D eigenvalue weighted by atomic mass is 9.87. The fourth-order valence-electron chi connectivity index (χ4n) is 4.42. The van der Waals surface area contributed by atoms with Gasteiger partial charge < -0.3 is 25.0 Å². The first kappa shape index (κ1) is 22.9. The topological polar surface area (TPSA) is 64.0 Å². The number of nitrogens with one attached hydrogen (secondary N) is 3. The summed E-state index contributed by atoms with van der Waals surface area (Å²) in [6.07, 6.45) is 1.74. The zero-order chi connectivity index (χ0) is 22.4. The van der Waals surface area contributed by atoms with Gasteiger partial charge in [0.15, 0.2) is 11.5 Å². The van der Waals surface area contributed by atoms with Crippen LogP contribution in [0.3, 0.4) is 0 Å². The number of benzene rings is 2. The van der Waals surface area contributed by atoms with Crippen molar-refractivity contribution in [2.75, 3.05) is 27.3 Å². The summed E-state index contributed by atoms with van der Waals surface area (Å²) in [5.41, 5.74) is 3.25. The molecule has 1 aliphatic heterocycles. The number of ether oxygens (including phenoxy) is 2. The van der Waals surface area contributed by atoms with Crippen LogP contribution in [0.2, 0.25) is 0 Å². The lowest BCUT2D eigenvalue weighted by Gasteiger charge is -2.38. The Morgan fingerprint density at radius 1 is 1.23 bits per heavy atom. The number of hydrogen-bond acceptors (Lipinski definition) is 3. The Labute approximate surface area is 183 Å². The van der Waals surface area contributed by atoms with Crippen molar-refractivity contribution in [3.63, 3.8) is 0 Å². The Bertz CT molecular complexity index is 906. The van der Waals surface area contributed by atoms with E-state index in [4.69, 9.17) is 9.47 Å². The van der Waals surface area contributed by atoms with Crippen LogP contribution in [0.5, 0.6) is 11.5 Å². The zero-order valence-corrected chi connectivity index (χ0v) is 18.8. The Hall–Kier alpha value is -2.80. The second kappa shape index (κ2) is 10.5. The lowest BCUT2D eigenvalue weighted by Crippen LogP contribution is -3.13. The molecule has 0 saturated heterocycles. The van der Waals surface area contributed by atoms with Gasteiger partial charge in [-0.05, 0) is 43.2 Å². The average molecular weight is 431 g/mol. The minimum Gasteiger partial charge on any atom is -0.493 e. The summed E-state index contributed by atoms with van der Waals surface area (Å²) in [4.78, 5) is 13.6. The molecule has 7 heteroatoms. The van der Waals surface area contributed by atoms with Crippen molar-refractivity contribution in [1.29, 1.82) is 0 Å². The normalized spacial score (nSPS) is 18.6. The van der Waals surface area contributed by atoms with Gasteiger partial charge in [0.05, 0.1) is 26.8 Å². The maximum absolute atomic E-state index is 13.8. The molecule has 0 aliphatic carbocycles. The molecule has 0 aromatic heterocycles. The van der Waals surface area contributed by atoms with E-state index in [2.05, 4.69) is 10.6 Å². The molecule has 3 rings (SSSR count). The van der Waals surface area contributed by atoms with Crippen LogP contribution in [0.1, 0.15) is 43.0 Å². The highest BCUT2D eigenvalue weighted by Gasteiger charge is 2.37. The maximum atomic E-state index is 13.8. The first-order valence-corrected chi connectivity index (χ1v) is 10.8. The number of methoxy groups -OCH3 is 2. The molecule has 2 aromatic carbocycles. The Morgan fingerprint density at radius 2 is 1.97 bits per heavy atom. The SMILES string of the molecule is CCCNC(=O)N[C@@H](C)[C@@H]1c2cc(OC)c(OC)cc2CC[NH+]1Cc1cccc(F)c1. The molecule has 2 aromatic rings. The number of urea groups is 1. The lowest BCUT2D eigenvalue weighted by molar-refractivity contribution is -0.948. The molecule has 0 spiro atoms. The molecule has 168 valence electrons. The highest BCUT2D eigenvalue weighted by Crippen LogP contribution is 2.35. The number of amides is 2. The number of hydrogen-bond donors (Lipinski definition) is 3. The molecule has 6 nitrogen and oxygen atoms in total. The molecule has 0 radical (unpaired) electrons. The quantitative estimate of drug-likeness (QED) is 0.603. The van der Waals surface area contributed by atoms with E-state index in [1.165, 1.54) is 16.5 Å². The number of quaternary nitrogens is 1. The summed E-state index contributed by atoms with van der Waals surface area (Å²) in [6.45, 7) is 6.20. The van der Waals surface area contributed by atoms with E-state index in [0.717, 1.165) is 30.5 Å². The number of carbonyl (C=O) groups is 1. The predicted molar refractivity (Wildman–Crippen MR) is 118 cm³/mol. The molecular formula is C24H33FN3O3+. The van der Waals surface area contributed by atoms with E-state index in [9.17, 15) is 9.18 Å². The third-order valence-electron chi connectivity index (χ3n) is 5.85. The van der Waals surface area contributed by atoms with Gasteiger partial charge in [-0.15, -0.1) is 0 Å². The highest BCUT2D eigenvalue weighted by atomic mass is 19.1. The van der Waals surface area contributed by atoms with Crippen LogP contribution in [0.4, 0.5) is 9.18 Å². The first-order chi connectivity index (χ1) is 15.0. The molecule has 1 aliphatic rings. The van der Waals surface area contributed by atoms with Gasteiger partial charge in [0.1, 0.15) is 18.4 Å². The van der Waals surface area contributed by atoms with E-state index < -0.39 is 0 Å². The van der Waals surface area contributed by atoms with E-state index in [1.54, 1.807) is 26.4 Å². The van der Waals surface area contributed by atoms with Gasteiger partial charge >= 0.3 is 6.03 Å². The third-order valence-corrected chi connectivity index (χ3v) is 5.85. The van der Waals surface area contributed by atoms with Gasteiger partial charge in [-0.1, -0.05) is 19.1 Å². The predicted octanol–water partition coefficient (Wildman–Crippen LogP) is 2.62. The van der Waals surface area contributed by atoms with Gasteiger partial charge in [-0.3, -0.25) is 0 Å². The Morgan fingerprint density at radius 3 is 2.65 bits per heavy atom. The molecule has 3 N–H and O–H groups in total. The van der Waals surface area contributed by atoms with Crippen LogP contribution < -0.4 is 25.0 Å². The number of carbonyl (C=O) groups excluding carboxylic acids is 1. The van der Waals surface area contributed by atoms with Crippen LogP contribution in [0.25, 0.3) is 0 Å². The van der Waals surface area contributed by atoms with Crippen molar-refractivity contribution in [1.82, 2.24) is 10.6 Å². The third kappa shape index (κ3) is 5.47. The standard InChI is InChI=1S/C24H32FN3O3/c1-5-10-26-24(29)27-16(2)23-20-14-22(31-4)21(30-3)13-18(20)9-11-28(23)15-17-7-6-8-19(25)12-17/h6-8,12-14,16,23H,5,9-11,15H2,1-4H3,(H2,26,27,29)/p+1/t16-,23+/m0/s1. The molecular weight excluding hydrogens is 397 g/mol. The van der Waals surface area contributed by atoms with Crippen LogP contribution in [0.15, 0.2) is 36.4 Å². The van der Waals surface area contributed by atoms with Crippen LogP contribution in [0, 0.1) is 5.82 Å². The van der Waals surface area contributed by atoms with Crippen molar-refractivity contribution in [3.05, 3.63) is 58.9 Å². The van der Waals surface area contributed by atoms with Crippen LogP contribution >= 0.6 is 0 Å². The van der Waals surface area contributed by atoms with E-state index in [-0.39, 0.29) is 23.9 Å². The number of rotatable bonds is 8. The second-order valence-electron chi connectivity index (χ2n) is 8.04. The number of fused-ring (bicyclic) bond motifs is 1. The molecule has 1 heterocycles. The largest absolute Gasteiger partial charge is 0.493 e. The van der Waals surface area contributed by atoms with Crippen molar-refractivity contribution in [2.45, 2.75) is 45.3 Å². The average Bonchev–Trinajstić information content (AvgIpc) is 2.76. The van der Waals surface area contributed by atoms with Crippen molar-refractivity contribution < 1.29 is 23.6 Å². The van der Waals surface area contributed by atoms with Gasteiger partial charge in [0.2, 0.25) is 0 Å². The fraction of sp³-hybridized carbons (Fsp3) is 0.458. The van der Waals surface area contributed by atoms with Gasteiger partial charge in [-0.2, -0.15) is 0 Å². The van der Waals surface area contributed by atoms with Gasteiger partial charge in [0, 0.05) is 24.1 Å². The Balaban J connectivity index is 1.94. The minimum absolute atomic E-state index is 0.0146. The molecule has 0 saturated carbocycles. The highest BCUT2D eigenvalue weighted by molar-refractivity contribution is 5.74. The monoisotopic (exact) mass is 430 g/mol. The summed E-state index contributed by atoms with van der Waals surface area (Å²) in [7, 11) is 3.26. The molecule has 31 heavy (non-hydrogen) atoms. The first-order valence-electron chi connectivity index (χ1n) is 10.8. The van der Waals surface area contributed by atoms with Crippen LogP contribution in [-0.4, -0.2) is 39.4 Å². The van der Waals surface area contributed by atoms with Crippen molar-refractivity contribution in [2.24, 2.45) is 0 Å². The second-order valence-corrected chi connectivity index (χ2v) is 8.04. The van der Waals surface area contributed by atoms with Crippen molar-refractivity contribution in [3.8, 4) is 11.5 Å². The summed E-state index contributed by atoms with van der Waals surface area (Å²) >= 11 is 0. The molecule has 2 amide bonds. The smallest absolute Gasteiger partial charge is 0.315 e. The summed E-state index contributed by atoms with van der Waals surface area (Å²) in [5, 5.41) is 5.99. The van der Waals surface area contributed by atoms with E-state index in [0.29, 0.717) is 24.6 Å². The summed E-state index contributed by atoms with van der Waals surface area (Å²) < 4.78 is 24.8. The van der Waals surface area contributed by atoms with Crippen molar-refractivity contribution >= 4 is 6.03 Å². The summed E-state index contributed by atoms with van der Waals surface area (Å²) in [5.74, 6) is 1.14. The van der Waals surface area contributed by atoms with E-state index in [1.807, 2.05) is 32.0 Å². The molecule has 1 unspecified atom stereocenters. The number of halogens is 1. The fourth-order valence-corrected chi connectivity index (χ4v) is 4.42. The zero-order valence-electron chi connectivity index (χ0n) is 18.8. The maximum Gasteiger partial charge on any atom is 0.315 e. The summed E-state index contributed by atoms with van der Waals surface area (Å²) in [6, 6.07) is 10.5. The minimum atomic E-state index is -0.234.